The minimum Gasteiger partial charge on any atom is -0.387 e. The van der Waals surface area contributed by atoms with Gasteiger partial charge in [0.1, 0.15) is 47.7 Å². The number of phosphoric acid groups is 1. The van der Waals surface area contributed by atoms with Gasteiger partial charge in [-0.2, -0.15) is 10.4 Å². The average molecular weight is 820 g/mol. The third-order valence-corrected chi connectivity index (χ3v) is 11.3. The lowest BCUT2D eigenvalue weighted by atomic mass is 10.0. The number of nitrogens with zero attached hydrogens (tertiary/aromatic N) is 4. The molecular weight excluding hydrogens is 756 g/mol. The number of hydrogen-bond donors (Lipinski definition) is 4. The number of phosphoric ester groups is 1. The predicted molar refractivity (Wildman–Crippen MR) is 213 cm³/mol. The zero-order valence-corrected chi connectivity index (χ0v) is 34.5. The number of benzene rings is 1. The predicted octanol–water partition coefficient (Wildman–Crippen LogP) is 7.87. The Bertz CT molecular complexity index is 1730. The number of ether oxygens (including phenoxy) is 3. The van der Waals surface area contributed by atoms with Crippen molar-refractivity contribution >= 4 is 19.2 Å². The molecule has 3 heterocycles. The Morgan fingerprint density at radius 1 is 0.930 bits per heavy atom. The summed E-state index contributed by atoms with van der Waals surface area (Å²) in [5.74, 6) is -0.378. The van der Waals surface area contributed by atoms with Crippen LogP contribution in [0.4, 0.5) is 10.2 Å². The molecule has 5 N–H and O–H groups in total. The molecule has 318 valence electrons. The number of aliphatic hydroxyl groups excluding tert-OH is 2. The summed E-state index contributed by atoms with van der Waals surface area (Å²) in [6, 6.07) is 9.04. The summed E-state index contributed by atoms with van der Waals surface area (Å²) in [7, 11) is -4.76. The van der Waals surface area contributed by atoms with Crippen LogP contribution >= 0.6 is 7.82 Å². The molecule has 0 spiro atoms. The molecule has 2 aromatic heterocycles. The third-order valence-electron chi connectivity index (χ3n) is 10.3. The van der Waals surface area contributed by atoms with E-state index in [1.54, 1.807) is 19.1 Å². The maximum atomic E-state index is 14.1. The number of aliphatic hydroxyl groups is 2. The molecule has 1 fully saturated rings. The van der Waals surface area contributed by atoms with E-state index in [-0.39, 0.29) is 24.6 Å². The molecule has 4 rings (SSSR count). The van der Waals surface area contributed by atoms with Crippen LogP contribution in [-0.4, -0.2) is 80.0 Å². The first-order chi connectivity index (χ1) is 27.4. The van der Waals surface area contributed by atoms with Crippen LogP contribution in [0.3, 0.4) is 0 Å². The van der Waals surface area contributed by atoms with E-state index >= 15 is 0 Å². The maximum absolute atomic E-state index is 14.1. The van der Waals surface area contributed by atoms with Crippen molar-refractivity contribution in [3.8, 4) is 6.07 Å². The van der Waals surface area contributed by atoms with Gasteiger partial charge in [-0.3, -0.25) is 9.05 Å². The van der Waals surface area contributed by atoms with Crippen molar-refractivity contribution in [1.82, 2.24) is 14.6 Å². The monoisotopic (exact) mass is 819 g/mol. The summed E-state index contributed by atoms with van der Waals surface area (Å²) in [5.41, 5.74) is 6.03. The number of unbranched alkanes of at least 4 members (excludes halogenated alkanes) is 15. The molecule has 0 bridgehead atoms. The van der Waals surface area contributed by atoms with E-state index in [9.17, 15) is 29.3 Å². The Balaban J connectivity index is 1.19. The zero-order valence-electron chi connectivity index (χ0n) is 33.6. The molecule has 0 amide bonds. The zero-order chi connectivity index (χ0) is 41.1. The highest BCUT2D eigenvalue weighted by Crippen LogP contribution is 2.46. The summed E-state index contributed by atoms with van der Waals surface area (Å²) in [6.45, 7) is 3.16. The second-order valence-electron chi connectivity index (χ2n) is 15.4. The Kier molecular flexibility index (Phi) is 19.8. The molecule has 6 atom stereocenters. The topological polar surface area (TPSA) is 204 Å². The molecule has 1 aliphatic heterocycles. The molecule has 16 heteroatoms. The van der Waals surface area contributed by atoms with E-state index in [2.05, 4.69) is 17.0 Å². The van der Waals surface area contributed by atoms with Crippen LogP contribution in [0.1, 0.15) is 140 Å². The van der Waals surface area contributed by atoms with Gasteiger partial charge in [-0.1, -0.05) is 103 Å². The van der Waals surface area contributed by atoms with Gasteiger partial charge < -0.3 is 35.1 Å². The largest absolute Gasteiger partial charge is 0.472 e. The summed E-state index contributed by atoms with van der Waals surface area (Å²) < 4.78 is 57.1. The lowest BCUT2D eigenvalue weighted by Crippen LogP contribution is -2.39. The normalized spacial score (nSPS) is 20.4. The number of anilines is 1. The number of halogens is 1. The van der Waals surface area contributed by atoms with Crippen LogP contribution in [0.5, 0.6) is 0 Å². The van der Waals surface area contributed by atoms with Crippen molar-refractivity contribution in [2.24, 2.45) is 0 Å². The Labute approximate surface area is 336 Å². The molecular formula is C41H63FN5O9P. The van der Waals surface area contributed by atoms with Crippen molar-refractivity contribution in [2.45, 2.75) is 153 Å². The average Bonchev–Trinajstić information content (AvgIpc) is 3.75. The van der Waals surface area contributed by atoms with E-state index in [0.717, 1.165) is 25.3 Å². The second kappa shape index (κ2) is 24.1. The molecule has 0 radical (unpaired) electrons. The lowest BCUT2D eigenvalue weighted by molar-refractivity contribution is -0.119. The fourth-order valence-corrected chi connectivity index (χ4v) is 7.81. The minimum absolute atomic E-state index is 0.0101. The van der Waals surface area contributed by atoms with Gasteiger partial charge in [0.25, 0.3) is 0 Å². The second-order valence-corrected chi connectivity index (χ2v) is 16.8. The Hall–Kier alpha value is -3.03. The SMILES string of the molecule is CCCCCCCCCCCCCCCCCCOC[C@](C)(COP(=O)(O)OC[C@H]1O[C@@H](c2ccc3c(N)ncnn23)[C@H](O)[C@@H]1O)OCc1cc(F)cc(C#N)c1. The van der Waals surface area contributed by atoms with E-state index in [0.29, 0.717) is 23.4 Å². The standard InChI is InChI=1S/C41H63FN5O9P/c1-3-4-5-6-7-8-9-10-11-12-13-14-15-16-17-18-21-52-28-41(2,53-26-32-22-31(25-43)23-33(42)24-32)29-55-57(50,51)54-27-36-37(48)38(49)39(56-36)34-19-20-35-40(44)45-30-46-47(34)35/h19-20,22-24,30,36-39,48-49H,3-18,21,26-29H2,1-2H3,(H,50,51)(H2,44,45,46)/t36-,37-,38-,39+,41-/m1/s1. The molecule has 0 saturated carbocycles. The van der Waals surface area contributed by atoms with E-state index in [4.69, 9.17) is 29.0 Å². The highest BCUT2D eigenvalue weighted by molar-refractivity contribution is 7.47. The first kappa shape index (κ1) is 46.7. The summed E-state index contributed by atoms with van der Waals surface area (Å²) >= 11 is 0. The lowest BCUT2D eigenvalue weighted by Gasteiger charge is -2.30. The van der Waals surface area contributed by atoms with Gasteiger partial charge in [-0.05, 0) is 49.2 Å². The van der Waals surface area contributed by atoms with Gasteiger partial charge >= 0.3 is 7.82 Å². The fourth-order valence-electron chi connectivity index (χ4n) is 6.96. The quantitative estimate of drug-likeness (QED) is 0.0389. The Morgan fingerprint density at radius 2 is 1.56 bits per heavy atom. The number of fused-ring (bicyclic) bond motifs is 1. The molecule has 14 nitrogen and oxygen atoms in total. The van der Waals surface area contributed by atoms with Crippen molar-refractivity contribution in [2.75, 3.05) is 32.2 Å². The van der Waals surface area contributed by atoms with Crippen LogP contribution in [0.15, 0.2) is 36.7 Å². The molecule has 1 aliphatic rings. The van der Waals surface area contributed by atoms with Crippen LogP contribution in [0.25, 0.3) is 5.52 Å². The van der Waals surface area contributed by atoms with Crippen LogP contribution in [-0.2, 0) is 34.4 Å². The number of rotatable bonds is 29. The van der Waals surface area contributed by atoms with Crippen molar-refractivity contribution in [1.29, 1.82) is 5.26 Å². The molecule has 1 aromatic carbocycles. The third kappa shape index (κ3) is 15.6. The number of aromatic nitrogens is 3. The Morgan fingerprint density at radius 3 is 2.19 bits per heavy atom. The van der Waals surface area contributed by atoms with Gasteiger partial charge in [0.2, 0.25) is 0 Å². The molecule has 3 aromatic rings. The van der Waals surface area contributed by atoms with Gasteiger partial charge in [-0.25, -0.2) is 18.5 Å². The first-order valence-electron chi connectivity index (χ1n) is 20.6. The molecule has 1 saturated heterocycles. The smallest absolute Gasteiger partial charge is 0.387 e. The minimum atomic E-state index is -4.76. The van der Waals surface area contributed by atoms with E-state index in [1.165, 1.54) is 106 Å². The molecule has 1 unspecified atom stereocenters. The van der Waals surface area contributed by atoms with Gasteiger partial charge in [0, 0.05) is 6.61 Å². The summed E-state index contributed by atoms with van der Waals surface area (Å²) in [4.78, 5) is 14.6. The summed E-state index contributed by atoms with van der Waals surface area (Å²) in [6.07, 6.45) is 16.3. The maximum Gasteiger partial charge on any atom is 0.472 e. The van der Waals surface area contributed by atoms with Gasteiger partial charge in [0.15, 0.2) is 5.82 Å². The summed E-state index contributed by atoms with van der Waals surface area (Å²) in [5, 5.41) is 34.9. The fraction of sp³-hybridized carbons (Fsp3) is 0.683. The number of hydrogen-bond acceptors (Lipinski definition) is 12. The highest BCUT2D eigenvalue weighted by atomic mass is 31.2. The van der Waals surface area contributed by atoms with E-state index < -0.39 is 56.9 Å². The van der Waals surface area contributed by atoms with Crippen molar-refractivity contribution < 1.29 is 47.3 Å². The van der Waals surface area contributed by atoms with E-state index in [1.807, 2.05) is 6.07 Å². The first-order valence-corrected chi connectivity index (χ1v) is 22.1. The number of nitrogen functional groups attached to an aromatic ring is 1. The van der Waals surface area contributed by atoms with Crippen LogP contribution in [0.2, 0.25) is 0 Å². The number of nitriles is 1. The van der Waals surface area contributed by atoms with Crippen LogP contribution < -0.4 is 5.73 Å². The van der Waals surface area contributed by atoms with Crippen LogP contribution in [0, 0.1) is 17.1 Å². The van der Waals surface area contributed by atoms with Gasteiger partial charge in [0.05, 0.1) is 43.8 Å². The van der Waals surface area contributed by atoms with Crippen molar-refractivity contribution in [3.63, 3.8) is 0 Å². The molecule has 57 heavy (non-hydrogen) atoms. The van der Waals surface area contributed by atoms with Crippen molar-refractivity contribution in [3.05, 3.63) is 59.3 Å². The highest BCUT2D eigenvalue weighted by Gasteiger charge is 2.46. The van der Waals surface area contributed by atoms with Gasteiger partial charge in [-0.15, -0.1) is 0 Å². The number of nitrogens with two attached hydrogens (primary N) is 1. The molecule has 0 aliphatic carbocycles.